The highest BCUT2D eigenvalue weighted by atomic mass is 35.5. The van der Waals surface area contributed by atoms with Gasteiger partial charge >= 0.3 is 0 Å². The van der Waals surface area contributed by atoms with Gasteiger partial charge in [-0.15, -0.1) is 10.2 Å². The van der Waals surface area contributed by atoms with Gasteiger partial charge in [0.1, 0.15) is 0 Å². The van der Waals surface area contributed by atoms with Gasteiger partial charge in [-0.3, -0.25) is 4.79 Å². The summed E-state index contributed by atoms with van der Waals surface area (Å²) >= 11 is 13.2. The first-order chi connectivity index (χ1) is 12.0. The normalized spacial score (nSPS) is 12.2. The van der Waals surface area contributed by atoms with Gasteiger partial charge in [0.15, 0.2) is 16.7 Å². The quantitative estimate of drug-likeness (QED) is 0.642. The monoisotopic (exact) mass is 396 g/mol. The lowest BCUT2D eigenvalue weighted by Crippen LogP contribution is -2.23. The molecule has 1 N–H and O–H groups in total. The maximum Gasteiger partial charge on any atom is 0.237 e. The number of rotatable bonds is 5. The van der Waals surface area contributed by atoms with Crippen LogP contribution in [0.5, 0.6) is 0 Å². The van der Waals surface area contributed by atoms with Crippen molar-refractivity contribution in [3.8, 4) is 11.6 Å². The second-order valence-corrected chi connectivity index (χ2v) is 7.37. The summed E-state index contributed by atoms with van der Waals surface area (Å²) in [5, 5.41) is 12.1. The third-order valence-corrected chi connectivity index (χ3v) is 5.10. The Balaban J connectivity index is 1.69. The molecule has 2 heterocycles. The second kappa shape index (κ2) is 7.51. The van der Waals surface area contributed by atoms with E-state index in [0.717, 1.165) is 0 Å². The van der Waals surface area contributed by atoms with Crippen LogP contribution in [0.4, 0.5) is 5.69 Å². The van der Waals surface area contributed by atoms with Gasteiger partial charge in [-0.25, -0.2) is 0 Å². The van der Waals surface area contributed by atoms with Gasteiger partial charge in [0.2, 0.25) is 5.91 Å². The van der Waals surface area contributed by atoms with E-state index in [1.807, 2.05) is 7.05 Å². The summed E-state index contributed by atoms with van der Waals surface area (Å²) in [5.74, 6) is 1.02. The fraction of sp³-hybridized carbons (Fsp3) is 0.188. The van der Waals surface area contributed by atoms with Gasteiger partial charge in [0.05, 0.1) is 22.2 Å². The molecule has 1 atom stereocenters. The number of nitrogens with one attached hydrogen (secondary N) is 1. The van der Waals surface area contributed by atoms with Gasteiger partial charge in [0.25, 0.3) is 0 Å². The van der Waals surface area contributed by atoms with Crippen LogP contribution in [0.25, 0.3) is 11.6 Å². The van der Waals surface area contributed by atoms with Crippen LogP contribution in [0.15, 0.2) is 46.2 Å². The molecule has 0 fully saturated rings. The zero-order valence-electron chi connectivity index (χ0n) is 13.4. The number of carbonyl (C=O) groups is 1. The van der Waals surface area contributed by atoms with Gasteiger partial charge in [-0.05, 0) is 37.3 Å². The molecular formula is C16H14Cl2N4O2S. The molecule has 130 valence electrons. The Morgan fingerprint density at radius 3 is 2.80 bits per heavy atom. The smallest absolute Gasteiger partial charge is 0.237 e. The standard InChI is InChI=1S/C16H14Cl2N4O2S/c1-9(15(23)19-12-6-5-10(17)8-11(12)18)25-16-21-20-14(22(16)2)13-4-3-7-24-13/h3-9H,1-2H3,(H,19,23)/t9-/m1/s1. The highest BCUT2D eigenvalue weighted by Gasteiger charge is 2.20. The molecule has 9 heteroatoms. The lowest BCUT2D eigenvalue weighted by atomic mass is 10.3. The van der Waals surface area contributed by atoms with Crippen molar-refractivity contribution in [3.05, 3.63) is 46.6 Å². The van der Waals surface area contributed by atoms with Crippen LogP contribution in [0.3, 0.4) is 0 Å². The number of carbonyl (C=O) groups excluding carboxylic acids is 1. The number of anilines is 1. The Labute approximate surface area is 158 Å². The summed E-state index contributed by atoms with van der Waals surface area (Å²) in [5.41, 5.74) is 0.512. The molecular weight excluding hydrogens is 383 g/mol. The summed E-state index contributed by atoms with van der Waals surface area (Å²) < 4.78 is 7.11. The van der Waals surface area contributed by atoms with Crippen molar-refractivity contribution in [1.82, 2.24) is 14.8 Å². The number of nitrogens with zero attached hydrogens (tertiary/aromatic N) is 3. The van der Waals surface area contributed by atoms with Crippen LogP contribution in [-0.2, 0) is 11.8 Å². The van der Waals surface area contributed by atoms with Crippen LogP contribution < -0.4 is 5.32 Å². The molecule has 3 aromatic rings. The van der Waals surface area contributed by atoms with E-state index >= 15 is 0 Å². The predicted molar refractivity (Wildman–Crippen MR) is 99.1 cm³/mol. The van der Waals surface area contributed by atoms with Crippen LogP contribution >= 0.6 is 35.0 Å². The van der Waals surface area contributed by atoms with Crippen molar-refractivity contribution in [3.63, 3.8) is 0 Å². The third kappa shape index (κ3) is 4.00. The summed E-state index contributed by atoms with van der Waals surface area (Å²) in [6.07, 6.45) is 1.57. The number of halogens is 2. The Kier molecular flexibility index (Phi) is 5.36. The zero-order valence-corrected chi connectivity index (χ0v) is 15.7. The van der Waals surface area contributed by atoms with E-state index in [1.54, 1.807) is 48.1 Å². The maximum absolute atomic E-state index is 12.4. The molecule has 0 aliphatic carbocycles. The molecule has 0 aliphatic rings. The minimum Gasteiger partial charge on any atom is -0.461 e. The van der Waals surface area contributed by atoms with Crippen molar-refractivity contribution in [2.75, 3.05) is 5.32 Å². The van der Waals surface area contributed by atoms with E-state index in [1.165, 1.54) is 11.8 Å². The number of benzene rings is 1. The molecule has 2 aromatic heterocycles. The van der Waals surface area contributed by atoms with E-state index < -0.39 is 5.25 Å². The first kappa shape index (κ1) is 17.8. The van der Waals surface area contributed by atoms with Crippen molar-refractivity contribution in [1.29, 1.82) is 0 Å². The molecule has 0 radical (unpaired) electrons. The largest absolute Gasteiger partial charge is 0.461 e. The van der Waals surface area contributed by atoms with E-state index in [0.29, 0.717) is 32.5 Å². The molecule has 0 aliphatic heterocycles. The number of aromatic nitrogens is 3. The van der Waals surface area contributed by atoms with Crippen molar-refractivity contribution in [2.24, 2.45) is 7.05 Å². The molecule has 0 spiro atoms. The Morgan fingerprint density at radius 2 is 2.12 bits per heavy atom. The highest BCUT2D eigenvalue weighted by Crippen LogP contribution is 2.29. The van der Waals surface area contributed by atoms with E-state index in [2.05, 4.69) is 15.5 Å². The van der Waals surface area contributed by atoms with Gasteiger partial charge in [-0.2, -0.15) is 0 Å². The molecule has 1 aromatic carbocycles. The van der Waals surface area contributed by atoms with Gasteiger partial charge < -0.3 is 14.3 Å². The minimum atomic E-state index is -0.404. The maximum atomic E-state index is 12.4. The van der Waals surface area contributed by atoms with Gasteiger partial charge in [0, 0.05) is 12.1 Å². The molecule has 6 nitrogen and oxygen atoms in total. The predicted octanol–water partition coefficient (Wildman–Crippen LogP) is 4.50. The fourth-order valence-corrected chi connectivity index (χ4v) is 3.35. The highest BCUT2D eigenvalue weighted by molar-refractivity contribution is 8.00. The molecule has 0 saturated carbocycles. The van der Waals surface area contributed by atoms with Crippen molar-refractivity contribution >= 4 is 46.6 Å². The lowest BCUT2D eigenvalue weighted by molar-refractivity contribution is -0.115. The van der Waals surface area contributed by atoms with Crippen LogP contribution in [0, 0.1) is 0 Å². The second-order valence-electron chi connectivity index (χ2n) is 5.22. The Morgan fingerprint density at radius 1 is 1.32 bits per heavy atom. The number of thioether (sulfide) groups is 1. The molecule has 0 bridgehead atoms. The first-order valence-corrected chi connectivity index (χ1v) is 8.95. The van der Waals surface area contributed by atoms with E-state index in [-0.39, 0.29) is 5.91 Å². The van der Waals surface area contributed by atoms with Crippen molar-refractivity contribution < 1.29 is 9.21 Å². The molecule has 3 rings (SSSR count). The van der Waals surface area contributed by atoms with Crippen molar-refractivity contribution in [2.45, 2.75) is 17.3 Å². The Bertz CT molecular complexity index is 896. The average molecular weight is 397 g/mol. The van der Waals surface area contributed by atoms with Crippen LogP contribution in [0.2, 0.25) is 10.0 Å². The number of amides is 1. The van der Waals surface area contributed by atoms with E-state index in [9.17, 15) is 4.79 Å². The summed E-state index contributed by atoms with van der Waals surface area (Å²) in [6.45, 7) is 1.78. The molecule has 1 amide bonds. The Hall–Kier alpha value is -1.96. The van der Waals surface area contributed by atoms with Crippen LogP contribution in [0.1, 0.15) is 6.92 Å². The number of hydrogen-bond acceptors (Lipinski definition) is 5. The molecule has 25 heavy (non-hydrogen) atoms. The SMILES string of the molecule is C[C@@H](Sc1nnc(-c2ccco2)n1C)C(=O)Nc1ccc(Cl)cc1Cl. The first-order valence-electron chi connectivity index (χ1n) is 7.31. The average Bonchev–Trinajstić information content (AvgIpc) is 3.20. The molecule has 0 unspecified atom stereocenters. The van der Waals surface area contributed by atoms with Gasteiger partial charge in [-0.1, -0.05) is 35.0 Å². The number of furan rings is 1. The fourth-order valence-electron chi connectivity index (χ4n) is 2.07. The summed E-state index contributed by atoms with van der Waals surface area (Å²) in [4.78, 5) is 12.4. The zero-order chi connectivity index (χ0) is 18.0. The lowest BCUT2D eigenvalue weighted by Gasteiger charge is -2.12. The van der Waals surface area contributed by atoms with E-state index in [4.69, 9.17) is 27.6 Å². The minimum absolute atomic E-state index is 0.197. The van der Waals surface area contributed by atoms with Crippen LogP contribution in [-0.4, -0.2) is 25.9 Å². The number of hydrogen-bond donors (Lipinski definition) is 1. The summed E-state index contributed by atoms with van der Waals surface area (Å²) in [7, 11) is 1.82. The molecule has 0 saturated heterocycles. The topological polar surface area (TPSA) is 73.0 Å². The summed E-state index contributed by atoms with van der Waals surface area (Å²) in [6, 6.07) is 8.49. The third-order valence-electron chi connectivity index (χ3n) is 3.42.